The van der Waals surface area contributed by atoms with E-state index in [0.717, 1.165) is 30.5 Å². The highest BCUT2D eigenvalue weighted by Gasteiger charge is 2.50. The third kappa shape index (κ3) is 3.21. The molecule has 144 valence electrons. The fourth-order valence-corrected chi connectivity index (χ4v) is 4.34. The van der Waals surface area contributed by atoms with Crippen LogP contribution in [0.25, 0.3) is 0 Å². The topological polar surface area (TPSA) is 66.5 Å². The Morgan fingerprint density at radius 3 is 2.54 bits per heavy atom. The third-order valence-electron chi connectivity index (χ3n) is 5.95. The second-order valence-corrected chi connectivity index (χ2v) is 7.96. The maximum atomic E-state index is 12.9. The van der Waals surface area contributed by atoms with Gasteiger partial charge in [-0.2, -0.15) is 0 Å². The number of nitrogens with zero attached hydrogens (tertiary/aromatic N) is 1. The summed E-state index contributed by atoms with van der Waals surface area (Å²) in [5.74, 6) is -0.490. The van der Waals surface area contributed by atoms with E-state index in [9.17, 15) is 14.4 Å². The van der Waals surface area contributed by atoms with E-state index >= 15 is 0 Å². The molecule has 1 aliphatic carbocycles. The number of carbonyl (C=O) groups is 3. The predicted molar refractivity (Wildman–Crippen MR) is 108 cm³/mol. The Morgan fingerprint density at radius 1 is 1.00 bits per heavy atom. The summed E-state index contributed by atoms with van der Waals surface area (Å²) in [5, 5.41) is 2.90. The van der Waals surface area contributed by atoms with Gasteiger partial charge >= 0.3 is 0 Å². The summed E-state index contributed by atoms with van der Waals surface area (Å²) >= 11 is 0. The third-order valence-corrected chi connectivity index (χ3v) is 5.95. The van der Waals surface area contributed by atoms with Gasteiger partial charge in [-0.25, -0.2) is 0 Å². The fourth-order valence-electron chi connectivity index (χ4n) is 4.34. The monoisotopic (exact) mass is 376 g/mol. The summed E-state index contributed by atoms with van der Waals surface area (Å²) in [4.78, 5) is 39.8. The van der Waals surface area contributed by atoms with E-state index < -0.39 is 0 Å². The van der Waals surface area contributed by atoms with E-state index in [4.69, 9.17) is 0 Å². The number of imide groups is 1. The normalized spacial score (nSPS) is 24.2. The van der Waals surface area contributed by atoms with Crippen molar-refractivity contribution in [1.82, 2.24) is 0 Å². The number of hydrogen-bond acceptors (Lipinski definition) is 3. The molecule has 2 aromatic carbocycles. The van der Waals surface area contributed by atoms with Crippen molar-refractivity contribution in [3.63, 3.8) is 0 Å². The standard InChI is InChI=1S/C23H24N2O3/c1-14-10-11-18-19(12-14)23(28)25(22(18)27)17-8-5-7-16(13-17)21(26)24-20-9-4-3-6-15(20)2/h3-9,13-14,18-19H,10-12H2,1-2H3,(H,24,26)/t14-,18+,19+/m1/s1. The van der Waals surface area contributed by atoms with Crippen LogP contribution in [-0.2, 0) is 9.59 Å². The van der Waals surface area contributed by atoms with Gasteiger partial charge in [0.1, 0.15) is 0 Å². The first-order chi connectivity index (χ1) is 13.5. The van der Waals surface area contributed by atoms with Crippen molar-refractivity contribution in [3.05, 3.63) is 59.7 Å². The van der Waals surface area contributed by atoms with E-state index in [0.29, 0.717) is 17.2 Å². The molecular formula is C23H24N2O3. The van der Waals surface area contributed by atoms with E-state index in [1.54, 1.807) is 24.3 Å². The highest BCUT2D eigenvalue weighted by atomic mass is 16.2. The zero-order valence-electron chi connectivity index (χ0n) is 16.1. The van der Waals surface area contributed by atoms with Gasteiger partial charge < -0.3 is 5.32 Å². The van der Waals surface area contributed by atoms with Gasteiger partial charge in [0.15, 0.2) is 0 Å². The van der Waals surface area contributed by atoms with Gasteiger partial charge in [-0.05, 0) is 61.9 Å². The molecule has 3 amide bonds. The molecule has 28 heavy (non-hydrogen) atoms. The average Bonchev–Trinajstić information content (AvgIpc) is 2.93. The van der Waals surface area contributed by atoms with Gasteiger partial charge in [-0.1, -0.05) is 31.2 Å². The molecule has 1 heterocycles. The van der Waals surface area contributed by atoms with Crippen LogP contribution in [0.1, 0.15) is 42.1 Å². The maximum absolute atomic E-state index is 12.9. The molecule has 2 fully saturated rings. The zero-order valence-corrected chi connectivity index (χ0v) is 16.1. The lowest BCUT2D eigenvalue weighted by Gasteiger charge is -2.25. The Labute approximate surface area is 164 Å². The SMILES string of the molecule is Cc1ccccc1NC(=O)c1cccc(N2C(=O)[C@H]3CC[C@@H](C)C[C@@H]3C2=O)c1. The van der Waals surface area contributed by atoms with Crippen molar-refractivity contribution < 1.29 is 14.4 Å². The van der Waals surface area contributed by atoms with E-state index in [1.165, 1.54) is 4.90 Å². The van der Waals surface area contributed by atoms with Crippen LogP contribution in [0.5, 0.6) is 0 Å². The number of benzene rings is 2. The molecule has 2 aliphatic rings. The van der Waals surface area contributed by atoms with E-state index in [1.807, 2.05) is 31.2 Å². The minimum atomic E-state index is -0.263. The lowest BCUT2D eigenvalue weighted by molar-refractivity contribution is -0.122. The molecule has 1 aliphatic heterocycles. The van der Waals surface area contributed by atoms with E-state index in [-0.39, 0.29) is 29.6 Å². The molecular weight excluding hydrogens is 352 g/mol. The molecule has 1 saturated carbocycles. The molecule has 4 rings (SSSR count). The van der Waals surface area contributed by atoms with Crippen molar-refractivity contribution in [2.24, 2.45) is 17.8 Å². The van der Waals surface area contributed by atoms with Crippen LogP contribution in [0, 0.1) is 24.7 Å². The zero-order chi connectivity index (χ0) is 19.8. The summed E-state index contributed by atoms with van der Waals surface area (Å²) in [5.41, 5.74) is 2.61. The van der Waals surface area contributed by atoms with Crippen LogP contribution in [0.2, 0.25) is 0 Å². The Morgan fingerprint density at radius 2 is 1.75 bits per heavy atom. The molecule has 0 aromatic heterocycles. The predicted octanol–water partition coefficient (Wildman–Crippen LogP) is 4.17. The number of para-hydroxylation sites is 1. The summed E-state index contributed by atoms with van der Waals surface area (Å²) < 4.78 is 0. The smallest absolute Gasteiger partial charge is 0.255 e. The Bertz CT molecular complexity index is 952. The molecule has 0 unspecified atom stereocenters. The van der Waals surface area contributed by atoms with Crippen molar-refractivity contribution in [2.75, 3.05) is 10.2 Å². The highest BCUT2D eigenvalue weighted by molar-refractivity contribution is 6.22. The summed E-state index contributed by atoms with van der Waals surface area (Å²) in [6.45, 7) is 4.06. The Kier molecular flexibility index (Phi) is 4.75. The highest BCUT2D eigenvalue weighted by Crippen LogP contribution is 2.42. The molecule has 0 bridgehead atoms. The first-order valence-corrected chi connectivity index (χ1v) is 9.80. The quantitative estimate of drug-likeness (QED) is 0.818. The van der Waals surface area contributed by atoms with Crippen molar-refractivity contribution in [3.8, 4) is 0 Å². The van der Waals surface area contributed by atoms with Gasteiger partial charge in [0.05, 0.1) is 17.5 Å². The first-order valence-electron chi connectivity index (χ1n) is 9.80. The van der Waals surface area contributed by atoms with Gasteiger partial charge in [-0.3, -0.25) is 19.3 Å². The molecule has 1 N–H and O–H groups in total. The lowest BCUT2D eigenvalue weighted by Crippen LogP contribution is -2.31. The van der Waals surface area contributed by atoms with Crippen molar-refractivity contribution >= 4 is 29.1 Å². The molecule has 0 radical (unpaired) electrons. The van der Waals surface area contributed by atoms with Gasteiger partial charge in [-0.15, -0.1) is 0 Å². The molecule has 3 atom stereocenters. The number of hydrogen-bond donors (Lipinski definition) is 1. The number of fused-ring (bicyclic) bond motifs is 1. The largest absolute Gasteiger partial charge is 0.322 e. The number of carbonyl (C=O) groups excluding carboxylic acids is 3. The first kappa shape index (κ1) is 18.4. The lowest BCUT2D eigenvalue weighted by atomic mass is 9.76. The van der Waals surface area contributed by atoms with Crippen LogP contribution in [0.4, 0.5) is 11.4 Å². The van der Waals surface area contributed by atoms with Gasteiger partial charge in [0.25, 0.3) is 5.91 Å². The molecule has 1 saturated heterocycles. The minimum Gasteiger partial charge on any atom is -0.322 e. The van der Waals surface area contributed by atoms with Crippen molar-refractivity contribution in [2.45, 2.75) is 33.1 Å². The fraction of sp³-hybridized carbons (Fsp3) is 0.348. The number of nitrogens with one attached hydrogen (secondary N) is 1. The summed E-state index contributed by atoms with van der Waals surface area (Å²) in [6, 6.07) is 14.3. The molecule has 5 heteroatoms. The summed E-state index contributed by atoms with van der Waals surface area (Å²) in [7, 11) is 0. The second kappa shape index (κ2) is 7.23. The minimum absolute atomic E-state index is 0.127. The van der Waals surface area contributed by atoms with Crippen LogP contribution in [0.15, 0.2) is 48.5 Å². The number of amides is 3. The van der Waals surface area contributed by atoms with Crippen LogP contribution >= 0.6 is 0 Å². The number of anilines is 2. The molecule has 2 aromatic rings. The Hall–Kier alpha value is -2.95. The van der Waals surface area contributed by atoms with Crippen LogP contribution < -0.4 is 10.2 Å². The second-order valence-electron chi connectivity index (χ2n) is 7.96. The van der Waals surface area contributed by atoms with E-state index in [2.05, 4.69) is 12.2 Å². The molecule has 5 nitrogen and oxygen atoms in total. The average molecular weight is 376 g/mol. The number of rotatable bonds is 3. The molecule has 0 spiro atoms. The van der Waals surface area contributed by atoms with Crippen LogP contribution in [-0.4, -0.2) is 17.7 Å². The van der Waals surface area contributed by atoms with Crippen molar-refractivity contribution in [1.29, 1.82) is 0 Å². The summed E-state index contributed by atoms with van der Waals surface area (Å²) in [6.07, 6.45) is 2.51. The van der Waals surface area contributed by atoms with Gasteiger partial charge in [0, 0.05) is 11.3 Å². The van der Waals surface area contributed by atoms with Crippen LogP contribution in [0.3, 0.4) is 0 Å². The van der Waals surface area contributed by atoms with Gasteiger partial charge in [0.2, 0.25) is 11.8 Å². The number of aryl methyl sites for hydroxylation is 1. The maximum Gasteiger partial charge on any atom is 0.255 e. The Balaban J connectivity index is 1.59.